The minimum Gasteiger partial charge on any atom is -0.497 e. The van der Waals surface area contributed by atoms with Crippen LogP contribution in [-0.2, 0) is 16.1 Å². The quantitative estimate of drug-likeness (QED) is 0.722. The highest BCUT2D eigenvalue weighted by Crippen LogP contribution is 2.26. The zero-order valence-electron chi connectivity index (χ0n) is 14.4. The molecule has 0 spiro atoms. The first-order valence-corrected chi connectivity index (χ1v) is 7.52. The molecule has 0 fully saturated rings. The fourth-order valence-corrected chi connectivity index (χ4v) is 1.91. The summed E-state index contributed by atoms with van der Waals surface area (Å²) in [5.41, 5.74) is 0.154. The summed E-state index contributed by atoms with van der Waals surface area (Å²) >= 11 is 0. The lowest BCUT2D eigenvalue weighted by Crippen LogP contribution is -2.37. The van der Waals surface area contributed by atoms with Crippen LogP contribution in [-0.4, -0.2) is 43.1 Å². The first-order valence-electron chi connectivity index (χ1n) is 7.52. The van der Waals surface area contributed by atoms with Gasteiger partial charge in [0.05, 0.1) is 26.8 Å². The van der Waals surface area contributed by atoms with Crippen molar-refractivity contribution >= 4 is 12.4 Å². The third kappa shape index (κ3) is 6.18. The molecule has 0 radical (unpaired) electrons. The van der Waals surface area contributed by atoms with E-state index in [0.29, 0.717) is 24.4 Å². The highest BCUT2D eigenvalue weighted by molar-refractivity contribution is 5.72. The molecule has 0 aliphatic rings. The van der Waals surface area contributed by atoms with E-state index in [-0.39, 0.29) is 13.1 Å². The maximum atomic E-state index is 12.2. The Morgan fingerprint density at radius 3 is 2.52 bits per heavy atom. The Morgan fingerprint density at radius 2 is 2.00 bits per heavy atom. The van der Waals surface area contributed by atoms with Crippen molar-refractivity contribution in [3.05, 3.63) is 23.8 Å². The number of methoxy groups -OCH3 is 1. The minimum absolute atomic E-state index is 0.0491. The Hall–Kier alpha value is -2.24. The van der Waals surface area contributed by atoms with Gasteiger partial charge in [0.25, 0.3) is 0 Å². The van der Waals surface area contributed by atoms with Crippen LogP contribution >= 0.6 is 0 Å². The predicted molar refractivity (Wildman–Crippen MR) is 86.9 cm³/mol. The Kier molecular flexibility index (Phi) is 6.88. The maximum absolute atomic E-state index is 12.2. The Bertz CT molecular complexity index is 536. The lowest BCUT2D eigenvalue weighted by atomic mass is 10.1. The van der Waals surface area contributed by atoms with Gasteiger partial charge in [0.2, 0.25) is 0 Å². The first-order chi connectivity index (χ1) is 10.8. The summed E-state index contributed by atoms with van der Waals surface area (Å²) in [6.45, 7) is 7.87. The summed E-state index contributed by atoms with van der Waals surface area (Å²) in [6.07, 6.45) is 0.135. The van der Waals surface area contributed by atoms with Gasteiger partial charge >= 0.3 is 6.09 Å². The van der Waals surface area contributed by atoms with Crippen LogP contribution in [0.1, 0.15) is 33.3 Å². The second-order valence-electron chi connectivity index (χ2n) is 5.93. The van der Waals surface area contributed by atoms with Crippen LogP contribution in [0, 0.1) is 0 Å². The van der Waals surface area contributed by atoms with Crippen LogP contribution in [0.3, 0.4) is 0 Å². The summed E-state index contributed by atoms with van der Waals surface area (Å²) in [5.74, 6) is 1.28. The number of carbonyl (C=O) groups is 2. The molecule has 6 nitrogen and oxygen atoms in total. The number of benzene rings is 1. The fourth-order valence-electron chi connectivity index (χ4n) is 1.91. The molecule has 1 rings (SSSR count). The van der Waals surface area contributed by atoms with E-state index in [0.717, 1.165) is 5.56 Å². The molecular weight excluding hydrogens is 298 g/mol. The molecular formula is C17H25NO5. The van der Waals surface area contributed by atoms with E-state index >= 15 is 0 Å². The van der Waals surface area contributed by atoms with E-state index in [1.807, 2.05) is 13.0 Å². The zero-order chi connectivity index (χ0) is 17.5. The summed E-state index contributed by atoms with van der Waals surface area (Å²) in [5, 5.41) is 0. The summed E-state index contributed by atoms with van der Waals surface area (Å²) in [6, 6.07) is 5.35. The molecule has 1 amide bonds. The molecule has 1 aromatic rings. The van der Waals surface area contributed by atoms with Gasteiger partial charge in [-0.1, -0.05) is 0 Å². The maximum Gasteiger partial charge on any atom is 0.410 e. The van der Waals surface area contributed by atoms with Crippen molar-refractivity contribution in [3.8, 4) is 11.5 Å². The van der Waals surface area contributed by atoms with Gasteiger partial charge in [0.15, 0.2) is 0 Å². The third-order valence-electron chi connectivity index (χ3n) is 2.88. The van der Waals surface area contributed by atoms with Crippen molar-refractivity contribution in [2.24, 2.45) is 0 Å². The second-order valence-corrected chi connectivity index (χ2v) is 5.93. The van der Waals surface area contributed by atoms with E-state index < -0.39 is 11.7 Å². The summed E-state index contributed by atoms with van der Waals surface area (Å²) in [7, 11) is 1.57. The largest absolute Gasteiger partial charge is 0.497 e. The van der Waals surface area contributed by atoms with Gasteiger partial charge in [0.1, 0.15) is 23.4 Å². The lowest BCUT2D eigenvalue weighted by molar-refractivity contribution is -0.109. The van der Waals surface area contributed by atoms with E-state index in [9.17, 15) is 9.59 Å². The standard InChI is InChI=1S/C17H25NO5/c1-6-22-15-11-14(21-5)8-7-13(15)12-18(9-10-19)16(20)23-17(2,3)4/h7-8,10-11H,6,9,12H2,1-5H3. The van der Waals surface area contributed by atoms with E-state index in [1.54, 1.807) is 40.0 Å². The minimum atomic E-state index is -0.624. The predicted octanol–water partition coefficient (Wildman–Crippen LogP) is 3.03. The molecule has 128 valence electrons. The van der Waals surface area contributed by atoms with Crippen molar-refractivity contribution in [2.45, 2.75) is 39.8 Å². The van der Waals surface area contributed by atoms with Gasteiger partial charge in [-0.05, 0) is 39.8 Å². The van der Waals surface area contributed by atoms with Crippen LogP contribution in [0.4, 0.5) is 4.79 Å². The summed E-state index contributed by atoms with van der Waals surface area (Å²) in [4.78, 5) is 24.4. The molecule has 0 aliphatic heterocycles. The SMILES string of the molecule is CCOc1cc(OC)ccc1CN(CC=O)C(=O)OC(C)(C)C. The molecule has 0 aliphatic carbocycles. The van der Waals surface area contributed by atoms with Gasteiger partial charge in [-0.3, -0.25) is 4.90 Å². The molecule has 0 atom stereocenters. The van der Waals surface area contributed by atoms with Crippen molar-refractivity contribution in [1.29, 1.82) is 0 Å². The number of carbonyl (C=O) groups excluding carboxylic acids is 2. The molecule has 0 saturated carbocycles. The van der Waals surface area contributed by atoms with Crippen LogP contribution < -0.4 is 9.47 Å². The van der Waals surface area contributed by atoms with Crippen LogP contribution in [0.5, 0.6) is 11.5 Å². The van der Waals surface area contributed by atoms with Crippen molar-refractivity contribution in [2.75, 3.05) is 20.3 Å². The average Bonchev–Trinajstić information content (AvgIpc) is 2.46. The highest BCUT2D eigenvalue weighted by Gasteiger charge is 2.23. The Labute approximate surface area is 137 Å². The normalized spacial score (nSPS) is 10.8. The molecule has 6 heteroatoms. The molecule has 0 aromatic heterocycles. The third-order valence-corrected chi connectivity index (χ3v) is 2.88. The topological polar surface area (TPSA) is 65.1 Å². The number of hydrogen-bond donors (Lipinski definition) is 0. The van der Waals surface area contributed by atoms with Crippen LogP contribution in [0.2, 0.25) is 0 Å². The molecule has 0 bridgehead atoms. The number of ether oxygens (including phenoxy) is 3. The molecule has 0 unspecified atom stereocenters. The van der Waals surface area contributed by atoms with Crippen LogP contribution in [0.15, 0.2) is 18.2 Å². The monoisotopic (exact) mass is 323 g/mol. The van der Waals surface area contributed by atoms with Gasteiger partial charge < -0.3 is 19.0 Å². The number of amides is 1. The van der Waals surface area contributed by atoms with Gasteiger partial charge in [-0.2, -0.15) is 0 Å². The number of hydrogen-bond acceptors (Lipinski definition) is 5. The van der Waals surface area contributed by atoms with Crippen molar-refractivity contribution < 1.29 is 23.8 Å². The fraction of sp³-hybridized carbons (Fsp3) is 0.529. The van der Waals surface area contributed by atoms with Gasteiger partial charge in [0, 0.05) is 11.6 Å². The number of nitrogens with zero attached hydrogens (tertiary/aromatic N) is 1. The number of aldehydes is 1. The van der Waals surface area contributed by atoms with E-state index in [4.69, 9.17) is 14.2 Å². The second kappa shape index (κ2) is 8.41. The van der Waals surface area contributed by atoms with Gasteiger partial charge in [-0.25, -0.2) is 4.79 Å². The smallest absolute Gasteiger partial charge is 0.410 e. The van der Waals surface area contributed by atoms with Crippen LogP contribution in [0.25, 0.3) is 0 Å². The first kappa shape index (κ1) is 18.8. The van der Waals surface area contributed by atoms with E-state index in [2.05, 4.69) is 0 Å². The zero-order valence-corrected chi connectivity index (χ0v) is 14.4. The summed E-state index contributed by atoms with van der Waals surface area (Å²) < 4.78 is 16.1. The van der Waals surface area contributed by atoms with Gasteiger partial charge in [-0.15, -0.1) is 0 Å². The molecule has 0 heterocycles. The molecule has 23 heavy (non-hydrogen) atoms. The molecule has 0 saturated heterocycles. The number of rotatable bonds is 7. The Morgan fingerprint density at radius 1 is 1.30 bits per heavy atom. The lowest BCUT2D eigenvalue weighted by Gasteiger charge is -2.26. The highest BCUT2D eigenvalue weighted by atomic mass is 16.6. The average molecular weight is 323 g/mol. The Balaban J connectivity index is 2.99. The van der Waals surface area contributed by atoms with Crippen molar-refractivity contribution in [1.82, 2.24) is 4.90 Å². The van der Waals surface area contributed by atoms with Crippen molar-refractivity contribution in [3.63, 3.8) is 0 Å². The molecule has 1 aromatic carbocycles. The molecule has 0 N–H and O–H groups in total. The van der Waals surface area contributed by atoms with E-state index in [1.165, 1.54) is 4.90 Å².